The molecule has 0 aromatic carbocycles. The van der Waals surface area contributed by atoms with E-state index >= 15 is 0 Å². The molecule has 0 radical (unpaired) electrons. The number of hydrogen-bond acceptors (Lipinski definition) is 3. The van der Waals surface area contributed by atoms with Crippen molar-refractivity contribution in [2.45, 2.75) is 39.3 Å². The number of hydrogen-bond donors (Lipinski definition) is 1. The molecule has 2 aliphatic heterocycles. The van der Waals surface area contributed by atoms with E-state index in [1.807, 2.05) is 0 Å². The summed E-state index contributed by atoms with van der Waals surface area (Å²) in [7, 11) is 0. The van der Waals surface area contributed by atoms with Gasteiger partial charge in [0.05, 0.1) is 6.61 Å². The molecule has 1 N–H and O–H groups in total. The molecule has 4 heteroatoms. The Kier molecular flexibility index (Phi) is 5.92. The Morgan fingerprint density at radius 3 is 2.81 bits per heavy atom. The third kappa shape index (κ3) is 4.44. The van der Waals surface area contributed by atoms with Gasteiger partial charge in [-0.2, -0.15) is 11.8 Å². The number of nitrogens with one attached hydrogen (secondary N) is 1. The van der Waals surface area contributed by atoms with Crippen molar-refractivity contribution in [1.29, 1.82) is 0 Å². The lowest BCUT2D eigenvalue weighted by Crippen LogP contribution is -2.48. The Labute approximate surface area is 110 Å². The van der Waals surface area contributed by atoms with Crippen LogP contribution in [0.5, 0.6) is 0 Å². The largest absolute Gasteiger partial charge is 0.363 e. The molecule has 0 aromatic rings. The first kappa shape index (κ1) is 14.6. The van der Waals surface area contributed by atoms with Crippen molar-refractivity contribution in [2.75, 3.05) is 24.7 Å². The van der Waals surface area contributed by atoms with E-state index in [0.29, 0.717) is 11.6 Å². The van der Waals surface area contributed by atoms with Crippen LogP contribution in [-0.2, 0) is 4.74 Å². The Morgan fingerprint density at radius 1 is 1.44 bits per heavy atom. The molecule has 0 aliphatic carbocycles. The molecule has 0 bridgehead atoms. The molecule has 0 saturated carbocycles. The minimum atomic E-state index is 0. The summed E-state index contributed by atoms with van der Waals surface area (Å²) >= 11 is 2.11. The summed E-state index contributed by atoms with van der Waals surface area (Å²) in [4.78, 5) is 0. The highest BCUT2D eigenvalue weighted by Crippen LogP contribution is 2.28. The molecule has 0 amide bonds. The van der Waals surface area contributed by atoms with E-state index < -0.39 is 0 Å². The van der Waals surface area contributed by atoms with E-state index in [4.69, 9.17) is 4.74 Å². The van der Waals surface area contributed by atoms with Crippen molar-refractivity contribution < 1.29 is 4.74 Å². The predicted molar refractivity (Wildman–Crippen MR) is 73.4 cm³/mol. The summed E-state index contributed by atoms with van der Waals surface area (Å²) in [5.74, 6) is 3.58. The van der Waals surface area contributed by atoms with E-state index in [2.05, 4.69) is 30.9 Å². The number of rotatable bonds is 2. The van der Waals surface area contributed by atoms with Crippen molar-refractivity contribution in [1.82, 2.24) is 5.32 Å². The minimum Gasteiger partial charge on any atom is -0.363 e. The predicted octanol–water partition coefficient (Wildman–Crippen LogP) is 2.91. The van der Waals surface area contributed by atoms with E-state index in [1.54, 1.807) is 0 Å². The summed E-state index contributed by atoms with van der Waals surface area (Å²) in [5.41, 5.74) is 0.317. The van der Waals surface area contributed by atoms with Crippen molar-refractivity contribution in [3.05, 3.63) is 0 Å². The summed E-state index contributed by atoms with van der Waals surface area (Å²) in [5, 5.41) is 3.53. The third-order valence-electron chi connectivity index (χ3n) is 3.29. The SMILES string of the molecule is CC1(C)CNC(CC2CCCSC2)OC1.Cl. The molecule has 0 spiro atoms. The Hall–Kier alpha value is 0.560. The molecule has 0 aromatic heterocycles. The second kappa shape index (κ2) is 6.48. The summed E-state index contributed by atoms with van der Waals surface area (Å²) < 4.78 is 5.88. The molecule has 2 unspecified atom stereocenters. The first-order valence-corrected chi connectivity index (χ1v) is 7.24. The van der Waals surface area contributed by atoms with Gasteiger partial charge in [-0.25, -0.2) is 0 Å². The highest BCUT2D eigenvalue weighted by molar-refractivity contribution is 7.99. The van der Waals surface area contributed by atoms with Gasteiger partial charge in [-0.05, 0) is 36.7 Å². The van der Waals surface area contributed by atoms with Crippen molar-refractivity contribution in [3.63, 3.8) is 0 Å². The van der Waals surface area contributed by atoms with Crippen LogP contribution in [0.1, 0.15) is 33.1 Å². The maximum absolute atomic E-state index is 5.88. The number of thioether (sulfide) groups is 1. The zero-order chi connectivity index (χ0) is 10.7. The monoisotopic (exact) mass is 265 g/mol. The first-order valence-electron chi connectivity index (χ1n) is 6.08. The first-order chi connectivity index (χ1) is 7.16. The zero-order valence-corrected chi connectivity index (χ0v) is 12.0. The molecular weight excluding hydrogens is 242 g/mol. The molecule has 2 saturated heterocycles. The van der Waals surface area contributed by atoms with E-state index in [0.717, 1.165) is 19.1 Å². The van der Waals surface area contributed by atoms with Gasteiger partial charge in [0.1, 0.15) is 6.23 Å². The Balaban J connectivity index is 0.00000128. The van der Waals surface area contributed by atoms with Crippen LogP contribution >= 0.6 is 24.2 Å². The summed E-state index contributed by atoms with van der Waals surface area (Å²) in [6, 6.07) is 0. The van der Waals surface area contributed by atoms with E-state index in [9.17, 15) is 0 Å². The zero-order valence-electron chi connectivity index (χ0n) is 10.3. The maximum Gasteiger partial charge on any atom is 0.108 e. The second-order valence-corrected chi connectivity index (χ2v) is 6.81. The van der Waals surface area contributed by atoms with Gasteiger partial charge < -0.3 is 4.74 Å². The minimum absolute atomic E-state index is 0. The lowest BCUT2D eigenvalue weighted by molar-refractivity contribution is -0.0666. The van der Waals surface area contributed by atoms with E-state index in [1.165, 1.54) is 30.8 Å². The average molecular weight is 266 g/mol. The second-order valence-electron chi connectivity index (χ2n) is 5.66. The lowest BCUT2D eigenvalue weighted by Gasteiger charge is -2.37. The van der Waals surface area contributed by atoms with Crippen LogP contribution in [-0.4, -0.2) is 30.9 Å². The summed E-state index contributed by atoms with van der Waals surface area (Å²) in [6.07, 6.45) is 4.33. The van der Waals surface area contributed by atoms with Crippen LogP contribution < -0.4 is 5.32 Å². The van der Waals surface area contributed by atoms with Gasteiger partial charge in [-0.3, -0.25) is 5.32 Å². The van der Waals surface area contributed by atoms with Crippen LogP contribution in [0, 0.1) is 11.3 Å². The molecule has 2 heterocycles. The fourth-order valence-electron chi connectivity index (χ4n) is 2.27. The highest BCUT2D eigenvalue weighted by Gasteiger charge is 2.28. The molecule has 2 atom stereocenters. The van der Waals surface area contributed by atoms with Gasteiger partial charge in [0, 0.05) is 12.0 Å². The number of halogens is 1. The van der Waals surface area contributed by atoms with Crippen LogP contribution in [0.3, 0.4) is 0 Å². The number of ether oxygens (including phenoxy) is 1. The molecule has 2 aliphatic rings. The third-order valence-corrected chi connectivity index (χ3v) is 4.57. The van der Waals surface area contributed by atoms with Crippen LogP contribution in [0.25, 0.3) is 0 Å². The smallest absolute Gasteiger partial charge is 0.108 e. The summed E-state index contributed by atoms with van der Waals surface area (Å²) in [6.45, 7) is 6.52. The lowest BCUT2D eigenvalue weighted by atomic mass is 9.92. The van der Waals surface area contributed by atoms with Gasteiger partial charge in [0.2, 0.25) is 0 Å². The van der Waals surface area contributed by atoms with Crippen LogP contribution in [0.15, 0.2) is 0 Å². The average Bonchev–Trinajstić information content (AvgIpc) is 2.23. The molecule has 2 nitrogen and oxygen atoms in total. The maximum atomic E-state index is 5.88. The molecular formula is C12H24ClNOS. The van der Waals surface area contributed by atoms with Crippen LogP contribution in [0.4, 0.5) is 0 Å². The van der Waals surface area contributed by atoms with Gasteiger partial charge in [-0.15, -0.1) is 12.4 Å². The fraction of sp³-hybridized carbons (Fsp3) is 1.00. The van der Waals surface area contributed by atoms with Gasteiger partial charge in [0.15, 0.2) is 0 Å². The van der Waals surface area contributed by atoms with Crippen LogP contribution in [0.2, 0.25) is 0 Å². The quantitative estimate of drug-likeness (QED) is 0.830. The Morgan fingerprint density at radius 2 is 2.25 bits per heavy atom. The Bertz CT molecular complexity index is 197. The molecule has 2 rings (SSSR count). The molecule has 96 valence electrons. The van der Waals surface area contributed by atoms with E-state index in [-0.39, 0.29) is 12.4 Å². The van der Waals surface area contributed by atoms with Gasteiger partial charge >= 0.3 is 0 Å². The standard InChI is InChI=1S/C12H23NOS.ClH/c1-12(2)8-13-11(14-9-12)6-10-4-3-5-15-7-10;/h10-11,13H,3-9H2,1-2H3;1H. The molecule has 16 heavy (non-hydrogen) atoms. The topological polar surface area (TPSA) is 21.3 Å². The highest BCUT2D eigenvalue weighted by atomic mass is 35.5. The molecule has 2 fully saturated rings. The fourth-order valence-corrected chi connectivity index (χ4v) is 3.45. The van der Waals surface area contributed by atoms with Crippen molar-refractivity contribution in [3.8, 4) is 0 Å². The van der Waals surface area contributed by atoms with Crippen molar-refractivity contribution >= 4 is 24.2 Å². The van der Waals surface area contributed by atoms with Gasteiger partial charge in [0.25, 0.3) is 0 Å². The normalized spacial score (nSPS) is 34.1. The van der Waals surface area contributed by atoms with Crippen molar-refractivity contribution in [2.24, 2.45) is 11.3 Å². The van der Waals surface area contributed by atoms with Gasteiger partial charge in [-0.1, -0.05) is 13.8 Å².